The molecule has 228 valence electrons. The van der Waals surface area contributed by atoms with Crippen molar-refractivity contribution in [2.45, 2.75) is 12.7 Å². The van der Waals surface area contributed by atoms with Gasteiger partial charge in [0.2, 0.25) is 0 Å². The van der Waals surface area contributed by atoms with Gasteiger partial charge in [-0.3, -0.25) is 14.9 Å². The number of anilines is 3. The highest BCUT2D eigenvalue weighted by Gasteiger charge is 2.34. The third kappa shape index (κ3) is 6.39. The van der Waals surface area contributed by atoms with E-state index in [1.807, 2.05) is 42.3 Å². The largest absolute Gasteiger partial charge is 0.416 e. The topological polar surface area (TPSA) is 104 Å². The van der Waals surface area contributed by atoms with Gasteiger partial charge in [0.15, 0.2) is 5.82 Å². The fourth-order valence-corrected chi connectivity index (χ4v) is 6.38. The van der Waals surface area contributed by atoms with Gasteiger partial charge in [0, 0.05) is 68.0 Å². The minimum atomic E-state index is -4.55. The lowest BCUT2D eigenvalue weighted by Crippen LogP contribution is -2.44. The highest BCUT2D eigenvalue weighted by Crippen LogP contribution is 2.37. The maximum absolute atomic E-state index is 14.0. The number of thiophene rings is 1. The summed E-state index contributed by atoms with van der Waals surface area (Å²) in [6, 6.07) is 16.9. The number of fused-ring (bicyclic) bond motifs is 1. The van der Waals surface area contributed by atoms with Gasteiger partial charge in [-0.15, -0.1) is 11.3 Å². The number of nitrogen functional groups attached to an aromatic ring is 1. The summed E-state index contributed by atoms with van der Waals surface area (Å²) < 4.78 is 43.5. The Labute approximate surface area is 256 Å². The van der Waals surface area contributed by atoms with Crippen LogP contribution in [0.3, 0.4) is 0 Å². The van der Waals surface area contributed by atoms with E-state index >= 15 is 0 Å². The van der Waals surface area contributed by atoms with Crippen LogP contribution in [0.5, 0.6) is 0 Å². The molecule has 44 heavy (non-hydrogen) atoms. The van der Waals surface area contributed by atoms with Crippen LogP contribution >= 0.6 is 11.3 Å². The van der Waals surface area contributed by atoms with Gasteiger partial charge >= 0.3 is 12.2 Å². The molecule has 9 nitrogen and oxygen atoms in total. The van der Waals surface area contributed by atoms with E-state index in [0.717, 1.165) is 50.9 Å². The summed E-state index contributed by atoms with van der Waals surface area (Å²) in [5.74, 6) is 0.755. The molecule has 2 aromatic carbocycles. The number of carbonyl (C=O) groups is 1. The van der Waals surface area contributed by atoms with Gasteiger partial charge in [-0.25, -0.2) is 9.78 Å². The number of pyridine rings is 1. The molecule has 1 aliphatic rings. The molecular formula is C31H31F3N8OS. The molecule has 6 rings (SSSR count). The number of benzene rings is 2. The molecule has 0 unspecified atom stereocenters. The average molecular weight is 621 g/mol. The molecule has 2 amide bonds. The molecule has 0 aliphatic carbocycles. The first-order chi connectivity index (χ1) is 21.0. The van der Waals surface area contributed by atoms with Crippen molar-refractivity contribution in [2.24, 2.45) is 7.05 Å². The van der Waals surface area contributed by atoms with Gasteiger partial charge in [0.05, 0.1) is 16.1 Å². The number of aryl methyl sites for hydroxylation is 1. The number of hydrogen-bond acceptors (Lipinski definition) is 7. The second-order valence-electron chi connectivity index (χ2n) is 10.9. The number of halogens is 3. The SMILES string of the molecule is CN1CCN(Cc2ccc(NC(=O)Nc3cc(-c4ccc(-c5ccc6c(N)nccc6c5)s4)n(C)n3)cc2C(F)(F)F)CC1. The Kier molecular flexibility index (Phi) is 8.01. The number of nitrogens with two attached hydrogens (primary N) is 1. The molecule has 4 heterocycles. The Bertz CT molecular complexity index is 1820. The first-order valence-electron chi connectivity index (χ1n) is 14.0. The van der Waals surface area contributed by atoms with Gasteiger partial charge in [0.25, 0.3) is 0 Å². The zero-order valence-electron chi connectivity index (χ0n) is 24.2. The van der Waals surface area contributed by atoms with Crippen molar-refractivity contribution < 1.29 is 18.0 Å². The number of amides is 2. The Hall–Kier alpha value is -4.46. The quantitative estimate of drug-likeness (QED) is 0.204. The number of carbonyl (C=O) groups excluding carboxylic acids is 1. The Morgan fingerprint density at radius 2 is 1.73 bits per heavy atom. The number of urea groups is 1. The smallest absolute Gasteiger partial charge is 0.383 e. The molecule has 1 fully saturated rings. The highest BCUT2D eigenvalue weighted by molar-refractivity contribution is 7.18. The van der Waals surface area contributed by atoms with Crippen LogP contribution in [0, 0.1) is 0 Å². The van der Waals surface area contributed by atoms with E-state index in [4.69, 9.17) is 5.73 Å². The zero-order valence-corrected chi connectivity index (χ0v) is 25.0. The molecule has 3 aromatic heterocycles. The van der Waals surface area contributed by atoms with E-state index in [9.17, 15) is 18.0 Å². The summed E-state index contributed by atoms with van der Waals surface area (Å²) in [5.41, 5.74) is 7.27. The predicted octanol–water partition coefficient (Wildman–Crippen LogP) is 6.36. The van der Waals surface area contributed by atoms with Crippen LogP contribution in [0.2, 0.25) is 0 Å². The van der Waals surface area contributed by atoms with Gasteiger partial charge in [0.1, 0.15) is 5.82 Å². The van der Waals surface area contributed by atoms with Crippen LogP contribution in [0.1, 0.15) is 11.1 Å². The number of aromatic nitrogens is 3. The number of nitrogens with zero attached hydrogens (tertiary/aromatic N) is 5. The maximum atomic E-state index is 14.0. The summed E-state index contributed by atoms with van der Waals surface area (Å²) >= 11 is 1.57. The summed E-state index contributed by atoms with van der Waals surface area (Å²) in [4.78, 5) is 23.0. The maximum Gasteiger partial charge on any atom is 0.416 e. The van der Waals surface area contributed by atoms with Gasteiger partial charge < -0.3 is 16.0 Å². The fraction of sp³-hybridized carbons (Fsp3) is 0.258. The molecular weight excluding hydrogens is 589 g/mol. The van der Waals surface area contributed by atoms with Crippen molar-refractivity contribution in [3.05, 3.63) is 78.0 Å². The van der Waals surface area contributed by atoms with E-state index < -0.39 is 17.8 Å². The van der Waals surface area contributed by atoms with Gasteiger partial charge in [-0.1, -0.05) is 18.2 Å². The lowest BCUT2D eigenvalue weighted by molar-refractivity contribution is -0.138. The van der Waals surface area contributed by atoms with Gasteiger partial charge in [-0.2, -0.15) is 18.3 Å². The molecule has 0 spiro atoms. The number of rotatable bonds is 6. The number of alkyl halides is 3. The minimum absolute atomic E-state index is 0.0453. The molecule has 1 aliphatic heterocycles. The van der Waals surface area contributed by atoms with E-state index in [-0.39, 0.29) is 23.6 Å². The predicted molar refractivity (Wildman–Crippen MR) is 169 cm³/mol. The summed E-state index contributed by atoms with van der Waals surface area (Å²) in [6.45, 7) is 3.21. The average Bonchev–Trinajstić information content (AvgIpc) is 3.61. The standard InChI is InChI=1S/C31H31F3N8OS/c1-40-11-13-42(14-12-40)18-21-3-5-22(16-24(21)31(32,33)34)37-30(43)38-28-17-25(41(2)39-28)27-8-7-26(44-27)20-4-6-23-19(15-20)9-10-36-29(23)35/h3-10,15-17H,11-14,18H2,1-2H3,(H2,35,36)(H2,37,38,39,43). The molecule has 5 aromatic rings. The van der Waals surface area contributed by atoms with Crippen LogP contribution in [-0.2, 0) is 19.8 Å². The van der Waals surface area contributed by atoms with Crippen molar-refractivity contribution >= 4 is 45.5 Å². The third-order valence-electron chi connectivity index (χ3n) is 7.72. The second kappa shape index (κ2) is 11.9. The molecule has 1 saturated heterocycles. The molecule has 0 radical (unpaired) electrons. The van der Waals surface area contributed by atoms with E-state index in [1.165, 1.54) is 12.1 Å². The van der Waals surface area contributed by atoms with Crippen LogP contribution in [0.25, 0.3) is 31.8 Å². The highest BCUT2D eigenvalue weighted by atomic mass is 32.1. The van der Waals surface area contributed by atoms with Crippen LogP contribution in [0.4, 0.5) is 35.3 Å². The minimum Gasteiger partial charge on any atom is -0.383 e. The van der Waals surface area contributed by atoms with Gasteiger partial charge in [-0.05, 0) is 60.0 Å². The van der Waals surface area contributed by atoms with Crippen molar-refractivity contribution in [2.75, 3.05) is 49.6 Å². The number of hydrogen-bond donors (Lipinski definition) is 3. The Balaban J connectivity index is 1.14. The Morgan fingerprint density at radius 1 is 0.955 bits per heavy atom. The zero-order chi connectivity index (χ0) is 31.0. The van der Waals surface area contributed by atoms with Crippen molar-refractivity contribution in [3.63, 3.8) is 0 Å². The number of likely N-dealkylation sites (N-methyl/N-ethyl adjacent to an activating group) is 1. The molecule has 0 atom stereocenters. The monoisotopic (exact) mass is 620 g/mol. The summed E-state index contributed by atoms with van der Waals surface area (Å²) in [7, 11) is 3.76. The fourth-order valence-electron chi connectivity index (χ4n) is 5.33. The van der Waals surface area contributed by atoms with Crippen LogP contribution < -0.4 is 16.4 Å². The normalized spacial score (nSPS) is 14.7. The van der Waals surface area contributed by atoms with Crippen molar-refractivity contribution in [3.8, 4) is 21.0 Å². The molecule has 0 bridgehead atoms. The van der Waals surface area contributed by atoms with Crippen LogP contribution in [-0.4, -0.2) is 63.8 Å². The van der Waals surface area contributed by atoms with Crippen molar-refractivity contribution in [1.82, 2.24) is 24.6 Å². The number of piperazine rings is 1. The molecule has 13 heteroatoms. The summed E-state index contributed by atoms with van der Waals surface area (Å²) in [5, 5.41) is 11.4. The van der Waals surface area contributed by atoms with E-state index in [2.05, 4.69) is 31.7 Å². The second-order valence-corrected chi connectivity index (χ2v) is 11.9. The van der Waals surface area contributed by atoms with Crippen LogP contribution in [0.15, 0.2) is 66.9 Å². The molecule has 0 saturated carbocycles. The lowest BCUT2D eigenvalue weighted by Gasteiger charge is -2.33. The Morgan fingerprint density at radius 3 is 2.50 bits per heavy atom. The molecule has 4 N–H and O–H groups in total. The summed E-state index contributed by atoms with van der Waals surface area (Å²) in [6.07, 6.45) is -2.87. The first-order valence-corrected chi connectivity index (χ1v) is 14.8. The number of nitrogens with one attached hydrogen (secondary N) is 2. The third-order valence-corrected chi connectivity index (χ3v) is 8.88. The van der Waals surface area contributed by atoms with E-state index in [1.54, 1.807) is 35.3 Å². The van der Waals surface area contributed by atoms with E-state index in [0.29, 0.717) is 18.9 Å². The lowest BCUT2D eigenvalue weighted by atomic mass is 10.0. The first kappa shape index (κ1) is 29.6. The van der Waals surface area contributed by atoms with Crippen molar-refractivity contribution in [1.29, 1.82) is 0 Å².